The Morgan fingerprint density at radius 1 is 1.13 bits per heavy atom. The van der Waals surface area contributed by atoms with Crippen molar-refractivity contribution in [2.24, 2.45) is 0 Å². The molecule has 1 N–H and O–H groups in total. The maximum absolute atomic E-state index is 13.5. The molecule has 158 valence electrons. The van der Waals surface area contributed by atoms with Crippen molar-refractivity contribution in [3.8, 4) is 17.2 Å². The molecule has 9 heteroatoms. The van der Waals surface area contributed by atoms with Crippen molar-refractivity contribution in [2.75, 3.05) is 5.32 Å². The smallest absolute Gasteiger partial charge is 0.257 e. The van der Waals surface area contributed by atoms with Crippen molar-refractivity contribution in [3.05, 3.63) is 71.2 Å². The third-order valence-corrected chi connectivity index (χ3v) is 5.45. The minimum absolute atomic E-state index is 0.0178. The molecule has 2 heterocycles. The highest BCUT2D eigenvalue weighted by Crippen LogP contribution is 2.25. The van der Waals surface area contributed by atoms with Crippen molar-refractivity contribution in [2.45, 2.75) is 33.1 Å². The van der Waals surface area contributed by atoms with Gasteiger partial charge in [-0.05, 0) is 48.2 Å². The van der Waals surface area contributed by atoms with Crippen LogP contribution in [0.15, 0.2) is 48.5 Å². The van der Waals surface area contributed by atoms with Gasteiger partial charge >= 0.3 is 0 Å². The Bertz CT molecular complexity index is 1240. The molecule has 2 aromatic heterocycles. The minimum Gasteiger partial charge on any atom is -0.297 e. The number of amides is 1. The standard InChI is InChI=1S/C22H21FN6OS/c1-13-18(26-28-29(13)17-7-5-6-16(23)12-17)19-24-21(31-27-19)25-20(30)14-8-10-15(11-9-14)22(2,3)4/h5-12H,1-4H3,(H,24,25,27,30). The monoisotopic (exact) mass is 436 g/mol. The van der Waals surface area contributed by atoms with Crippen molar-refractivity contribution >= 4 is 22.6 Å². The van der Waals surface area contributed by atoms with Crippen LogP contribution in [0.4, 0.5) is 9.52 Å². The van der Waals surface area contributed by atoms with Crippen LogP contribution in [0, 0.1) is 12.7 Å². The zero-order chi connectivity index (χ0) is 22.2. The highest BCUT2D eigenvalue weighted by atomic mass is 32.1. The molecule has 0 aliphatic rings. The van der Waals surface area contributed by atoms with E-state index in [2.05, 4.69) is 45.8 Å². The first-order valence-electron chi connectivity index (χ1n) is 9.66. The Morgan fingerprint density at radius 2 is 1.87 bits per heavy atom. The molecule has 31 heavy (non-hydrogen) atoms. The molecule has 0 bridgehead atoms. The summed E-state index contributed by atoms with van der Waals surface area (Å²) in [5.41, 5.74) is 3.40. The van der Waals surface area contributed by atoms with E-state index in [1.807, 2.05) is 12.1 Å². The van der Waals surface area contributed by atoms with E-state index in [0.717, 1.165) is 17.1 Å². The van der Waals surface area contributed by atoms with Crippen LogP contribution in [0.25, 0.3) is 17.2 Å². The maximum atomic E-state index is 13.5. The maximum Gasteiger partial charge on any atom is 0.257 e. The third-order valence-electron chi connectivity index (χ3n) is 4.82. The molecule has 4 aromatic rings. The predicted octanol–water partition coefficient (Wildman–Crippen LogP) is 4.78. The fraction of sp³-hybridized carbons (Fsp3) is 0.227. The number of nitrogens with zero attached hydrogens (tertiary/aromatic N) is 5. The van der Waals surface area contributed by atoms with Crippen LogP contribution < -0.4 is 5.32 Å². The molecular formula is C22H21FN6OS. The van der Waals surface area contributed by atoms with Gasteiger partial charge < -0.3 is 0 Å². The average Bonchev–Trinajstić information content (AvgIpc) is 3.33. The minimum atomic E-state index is -0.360. The van der Waals surface area contributed by atoms with Gasteiger partial charge in [0.05, 0.1) is 11.4 Å². The summed E-state index contributed by atoms with van der Waals surface area (Å²) in [6.07, 6.45) is 0. The molecule has 0 spiro atoms. The van der Waals surface area contributed by atoms with Crippen molar-refractivity contribution in [1.29, 1.82) is 0 Å². The summed E-state index contributed by atoms with van der Waals surface area (Å²) in [7, 11) is 0. The summed E-state index contributed by atoms with van der Waals surface area (Å²) in [6, 6.07) is 13.6. The van der Waals surface area contributed by atoms with Crippen LogP contribution in [-0.2, 0) is 5.41 Å². The van der Waals surface area contributed by atoms with Gasteiger partial charge in [-0.2, -0.15) is 9.36 Å². The van der Waals surface area contributed by atoms with Gasteiger partial charge in [0.15, 0.2) is 11.5 Å². The van der Waals surface area contributed by atoms with Gasteiger partial charge in [0.2, 0.25) is 5.13 Å². The van der Waals surface area contributed by atoms with Crippen LogP contribution in [0.5, 0.6) is 0 Å². The Kier molecular flexibility index (Phi) is 5.36. The fourth-order valence-corrected chi connectivity index (χ4v) is 3.62. The van der Waals surface area contributed by atoms with Gasteiger partial charge in [-0.15, -0.1) is 5.10 Å². The highest BCUT2D eigenvalue weighted by molar-refractivity contribution is 7.10. The number of benzene rings is 2. The van der Waals surface area contributed by atoms with E-state index >= 15 is 0 Å². The lowest BCUT2D eigenvalue weighted by atomic mass is 9.87. The summed E-state index contributed by atoms with van der Waals surface area (Å²) >= 11 is 1.06. The van der Waals surface area contributed by atoms with Crippen LogP contribution in [0.1, 0.15) is 42.4 Å². The normalized spacial score (nSPS) is 11.5. The summed E-state index contributed by atoms with van der Waals surface area (Å²) in [5, 5.41) is 11.4. The summed E-state index contributed by atoms with van der Waals surface area (Å²) in [5.74, 6) is -0.270. The SMILES string of the molecule is Cc1c(-c2nsc(NC(=O)c3ccc(C(C)(C)C)cc3)n2)nnn1-c1cccc(F)c1. The third kappa shape index (κ3) is 4.36. The van der Waals surface area contributed by atoms with Crippen LogP contribution in [0.3, 0.4) is 0 Å². The van der Waals surface area contributed by atoms with E-state index in [4.69, 9.17) is 0 Å². The summed E-state index contributed by atoms with van der Waals surface area (Å²) in [6.45, 7) is 8.17. The van der Waals surface area contributed by atoms with Gasteiger partial charge in [-0.3, -0.25) is 10.1 Å². The van der Waals surface area contributed by atoms with Crippen LogP contribution >= 0.6 is 11.5 Å². The zero-order valence-electron chi connectivity index (χ0n) is 17.5. The number of rotatable bonds is 4. The first-order valence-corrected chi connectivity index (χ1v) is 10.4. The molecule has 7 nitrogen and oxygen atoms in total. The number of hydrogen-bond acceptors (Lipinski definition) is 6. The second-order valence-electron chi connectivity index (χ2n) is 8.12. The molecule has 0 atom stereocenters. The number of nitrogens with one attached hydrogen (secondary N) is 1. The Balaban J connectivity index is 1.52. The highest BCUT2D eigenvalue weighted by Gasteiger charge is 2.19. The molecule has 1 amide bonds. The number of carbonyl (C=O) groups is 1. The Morgan fingerprint density at radius 3 is 2.55 bits per heavy atom. The molecule has 0 saturated heterocycles. The zero-order valence-corrected chi connectivity index (χ0v) is 18.4. The van der Waals surface area contributed by atoms with Gasteiger partial charge in [-0.1, -0.05) is 44.2 Å². The largest absolute Gasteiger partial charge is 0.297 e. The number of halogens is 1. The Labute approximate surface area is 183 Å². The quantitative estimate of drug-likeness (QED) is 0.497. The second-order valence-corrected chi connectivity index (χ2v) is 8.87. The van der Waals surface area contributed by atoms with E-state index in [1.54, 1.807) is 31.2 Å². The van der Waals surface area contributed by atoms with Gasteiger partial charge in [0.1, 0.15) is 5.82 Å². The van der Waals surface area contributed by atoms with E-state index in [-0.39, 0.29) is 17.1 Å². The summed E-state index contributed by atoms with van der Waals surface area (Å²) in [4.78, 5) is 16.9. The molecule has 0 unspecified atom stereocenters. The number of hydrogen-bond donors (Lipinski definition) is 1. The average molecular weight is 437 g/mol. The van der Waals surface area contributed by atoms with Crippen molar-refractivity contribution in [1.82, 2.24) is 24.4 Å². The van der Waals surface area contributed by atoms with Gasteiger partial charge in [0, 0.05) is 17.1 Å². The molecule has 0 saturated carbocycles. The number of aromatic nitrogens is 5. The first-order chi connectivity index (χ1) is 14.7. The first kappa shape index (κ1) is 20.8. The molecule has 4 rings (SSSR count). The van der Waals surface area contributed by atoms with E-state index in [1.165, 1.54) is 16.8 Å². The molecule has 0 aliphatic heterocycles. The molecule has 2 aromatic carbocycles. The number of anilines is 1. The predicted molar refractivity (Wildman–Crippen MR) is 118 cm³/mol. The molecule has 0 radical (unpaired) electrons. The van der Waals surface area contributed by atoms with Crippen molar-refractivity contribution < 1.29 is 9.18 Å². The fourth-order valence-electron chi connectivity index (χ4n) is 3.05. The lowest BCUT2D eigenvalue weighted by molar-refractivity contribution is 0.102. The summed E-state index contributed by atoms with van der Waals surface area (Å²) < 4.78 is 19.3. The van der Waals surface area contributed by atoms with E-state index in [0.29, 0.717) is 33.6 Å². The van der Waals surface area contributed by atoms with E-state index < -0.39 is 0 Å². The molecular weight excluding hydrogens is 415 g/mol. The lowest BCUT2D eigenvalue weighted by Crippen LogP contribution is -2.14. The lowest BCUT2D eigenvalue weighted by Gasteiger charge is -2.18. The Hall–Kier alpha value is -3.46. The molecule has 0 fully saturated rings. The second kappa shape index (κ2) is 7.99. The van der Waals surface area contributed by atoms with E-state index in [9.17, 15) is 9.18 Å². The molecule has 0 aliphatic carbocycles. The van der Waals surface area contributed by atoms with Crippen LogP contribution in [-0.4, -0.2) is 30.3 Å². The van der Waals surface area contributed by atoms with Gasteiger partial charge in [0.25, 0.3) is 5.91 Å². The van der Waals surface area contributed by atoms with Crippen LogP contribution in [0.2, 0.25) is 0 Å². The van der Waals surface area contributed by atoms with Gasteiger partial charge in [-0.25, -0.2) is 9.07 Å². The van der Waals surface area contributed by atoms with Crippen molar-refractivity contribution in [3.63, 3.8) is 0 Å². The topological polar surface area (TPSA) is 85.6 Å². The number of carbonyl (C=O) groups excluding carboxylic acids is 1.